The summed E-state index contributed by atoms with van der Waals surface area (Å²) in [5.74, 6) is 0.240. The second-order valence-corrected chi connectivity index (χ2v) is 4.69. The van der Waals surface area contributed by atoms with Gasteiger partial charge in [-0.25, -0.2) is 0 Å². The Morgan fingerprint density at radius 3 is 2.76 bits per heavy atom. The lowest BCUT2D eigenvalue weighted by Crippen LogP contribution is -1.79. The van der Waals surface area contributed by atoms with Gasteiger partial charge >= 0.3 is 0 Å². The maximum absolute atomic E-state index is 9.83. The minimum absolute atomic E-state index is 0.240. The van der Waals surface area contributed by atoms with Crippen molar-refractivity contribution in [1.29, 1.82) is 0 Å². The summed E-state index contributed by atoms with van der Waals surface area (Å²) in [5, 5.41) is 18.1. The van der Waals surface area contributed by atoms with Gasteiger partial charge < -0.3 is 5.11 Å². The number of para-hydroxylation sites is 1. The first-order valence-electron chi connectivity index (χ1n) is 5.18. The summed E-state index contributed by atoms with van der Waals surface area (Å²) in [6.07, 6.45) is 0. The van der Waals surface area contributed by atoms with Crippen LogP contribution >= 0.6 is 15.9 Å². The van der Waals surface area contributed by atoms with Crippen LogP contribution in [0.1, 0.15) is 0 Å². The molecule has 1 aromatic heterocycles. The normalized spacial score (nSPS) is 10.9. The van der Waals surface area contributed by atoms with Crippen molar-refractivity contribution in [1.82, 2.24) is 10.2 Å². The first kappa shape index (κ1) is 10.4. The van der Waals surface area contributed by atoms with Crippen LogP contribution in [0.3, 0.4) is 0 Å². The van der Waals surface area contributed by atoms with Crippen molar-refractivity contribution in [2.24, 2.45) is 0 Å². The average Bonchev–Trinajstić information content (AvgIpc) is 2.72. The summed E-state index contributed by atoms with van der Waals surface area (Å²) in [4.78, 5) is 0. The smallest absolute Gasteiger partial charge is 0.125 e. The van der Waals surface area contributed by atoms with Gasteiger partial charge in [0.25, 0.3) is 0 Å². The van der Waals surface area contributed by atoms with Crippen molar-refractivity contribution >= 4 is 26.8 Å². The van der Waals surface area contributed by atoms with E-state index >= 15 is 0 Å². The van der Waals surface area contributed by atoms with Crippen molar-refractivity contribution in [2.75, 3.05) is 0 Å². The Bertz CT molecular complexity index is 691. The second kappa shape index (κ2) is 3.89. The average molecular weight is 289 g/mol. The molecule has 0 spiro atoms. The third-order valence-corrected chi connectivity index (χ3v) is 3.18. The molecule has 0 aliphatic carbocycles. The summed E-state index contributed by atoms with van der Waals surface area (Å²) >= 11 is 3.42. The quantitative estimate of drug-likeness (QED) is 0.717. The molecule has 17 heavy (non-hydrogen) atoms. The van der Waals surface area contributed by atoms with Gasteiger partial charge in [-0.3, -0.25) is 5.10 Å². The first-order valence-corrected chi connectivity index (χ1v) is 5.97. The van der Waals surface area contributed by atoms with Gasteiger partial charge in [-0.2, -0.15) is 5.10 Å². The number of nitrogens with zero attached hydrogens (tertiary/aromatic N) is 1. The monoisotopic (exact) mass is 288 g/mol. The Labute approximate surface area is 106 Å². The molecule has 3 nitrogen and oxygen atoms in total. The van der Waals surface area contributed by atoms with Crippen molar-refractivity contribution in [3.63, 3.8) is 0 Å². The van der Waals surface area contributed by atoms with Crippen LogP contribution in [0.5, 0.6) is 5.75 Å². The van der Waals surface area contributed by atoms with Gasteiger partial charge in [-0.1, -0.05) is 28.1 Å². The van der Waals surface area contributed by atoms with Gasteiger partial charge in [0, 0.05) is 15.4 Å². The molecule has 2 aromatic carbocycles. The molecular formula is C13H9BrN2O. The standard InChI is InChI=1S/C13H9BrN2O/c14-8-5-6-9-11(7-8)15-16-13(9)10-3-1-2-4-12(10)17/h1-7,17H,(H,15,16). The molecule has 0 aliphatic rings. The SMILES string of the molecule is Oc1ccccc1-c1n[nH]c2cc(Br)ccc12. The minimum atomic E-state index is 0.240. The highest BCUT2D eigenvalue weighted by Gasteiger charge is 2.11. The number of halogens is 1. The molecule has 84 valence electrons. The van der Waals surface area contributed by atoms with Crippen molar-refractivity contribution < 1.29 is 5.11 Å². The molecule has 0 saturated carbocycles. The van der Waals surface area contributed by atoms with E-state index < -0.39 is 0 Å². The molecule has 3 aromatic rings. The van der Waals surface area contributed by atoms with E-state index in [-0.39, 0.29) is 5.75 Å². The van der Waals surface area contributed by atoms with Gasteiger partial charge in [0.1, 0.15) is 11.4 Å². The van der Waals surface area contributed by atoms with Crippen molar-refractivity contribution in [3.8, 4) is 17.0 Å². The highest BCUT2D eigenvalue weighted by atomic mass is 79.9. The number of fused-ring (bicyclic) bond motifs is 1. The third-order valence-electron chi connectivity index (χ3n) is 2.68. The highest BCUT2D eigenvalue weighted by molar-refractivity contribution is 9.10. The summed E-state index contributed by atoms with van der Waals surface area (Å²) in [6, 6.07) is 13.1. The van der Waals surface area contributed by atoms with E-state index in [4.69, 9.17) is 0 Å². The van der Waals surface area contributed by atoms with E-state index in [9.17, 15) is 5.11 Å². The number of aromatic amines is 1. The summed E-state index contributed by atoms with van der Waals surface area (Å²) in [7, 11) is 0. The number of phenols is 1. The Kier molecular flexibility index (Phi) is 2.37. The number of aromatic hydroxyl groups is 1. The molecule has 0 saturated heterocycles. The number of aromatic nitrogens is 2. The lowest BCUT2D eigenvalue weighted by atomic mass is 10.1. The van der Waals surface area contributed by atoms with Gasteiger partial charge in [0.15, 0.2) is 0 Å². The zero-order valence-electron chi connectivity index (χ0n) is 8.81. The van der Waals surface area contributed by atoms with Crippen LogP contribution < -0.4 is 0 Å². The number of H-pyrrole nitrogens is 1. The van der Waals surface area contributed by atoms with E-state index in [1.807, 2.05) is 30.3 Å². The number of nitrogens with one attached hydrogen (secondary N) is 1. The minimum Gasteiger partial charge on any atom is -0.507 e. The van der Waals surface area contributed by atoms with Gasteiger partial charge in [-0.05, 0) is 30.3 Å². The number of rotatable bonds is 1. The van der Waals surface area contributed by atoms with Crippen molar-refractivity contribution in [2.45, 2.75) is 0 Å². The molecular weight excluding hydrogens is 280 g/mol. The van der Waals surface area contributed by atoms with Gasteiger partial charge in [0.2, 0.25) is 0 Å². The Hall–Kier alpha value is -1.81. The first-order chi connectivity index (χ1) is 8.25. The van der Waals surface area contributed by atoms with Crippen LogP contribution in [-0.4, -0.2) is 15.3 Å². The maximum Gasteiger partial charge on any atom is 0.125 e. The van der Waals surface area contributed by atoms with E-state index in [1.165, 1.54) is 0 Å². The van der Waals surface area contributed by atoms with Crippen LogP contribution in [0.25, 0.3) is 22.2 Å². The molecule has 0 radical (unpaired) electrons. The largest absolute Gasteiger partial charge is 0.507 e. The molecule has 1 heterocycles. The lowest BCUT2D eigenvalue weighted by molar-refractivity contribution is 0.477. The maximum atomic E-state index is 9.83. The fourth-order valence-electron chi connectivity index (χ4n) is 1.87. The fourth-order valence-corrected chi connectivity index (χ4v) is 2.23. The van der Waals surface area contributed by atoms with Crippen LogP contribution in [0.15, 0.2) is 46.9 Å². The Morgan fingerprint density at radius 2 is 1.94 bits per heavy atom. The lowest BCUT2D eigenvalue weighted by Gasteiger charge is -2.00. The zero-order chi connectivity index (χ0) is 11.8. The van der Waals surface area contributed by atoms with E-state index in [1.54, 1.807) is 12.1 Å². The Morgan fingerprint density at radius 1 is 1.12 bits per heavy atom. The molecule has 0 atom stereocenters. The molecule has 0 fully saturated rings. The number of phenolic OH excluding ortho intramolecular Hbond substituents is 1. The fraction of sp³-hybridized carbons (Fsp3) is 0. The highest BCUT2D eigenvalue weighted by Crippen LogP contribution is 2.33. The molecule has 0 amide bonds. The molecule has 0 bridgehead atoms. The number of hydrogen-bond donors (Lipinski definition) is 2. The molecule has 0 aliphatic heterocycles. The van der Waals surface area contributed by atoms with E-state index in [0.29, 0.717) is 0 Å². The van der Waals surface area contributed by atoms with Crippen LogP contribution in [0, 0.1) is 0 Å². The van der Waals surface area contributed by atoms with E-state index in [0.717, 1.165) is 26.6 Å². The third kappa shape index (κ3) is 1.70. The zero-order valence-corrected chi connectivity index (χ0v) is 10.4. The number of hydrogen-bond acceptors (Lipinski definition) is 2. The topological polar surface area (TPSA) is 48.9 Å². The van der Waals surface area contributed by atoms with E-state index in [2.05, 4.69) is 26.1 Å². The number of benzene rings is 2. The summed E-state index contributed by atoms with van der Waals surface area (Å²) in [6.45, 7) is 0. The predicted molar refractivity (Wildman–Crippen MR) is 70.9 cm³/mol. The summed E-state index contributed by atoms with van der Waals surface area (Å²) < 4.78 is 0.998. The molecule has 2 N–H and O–H groups in total. The van der Waals surface area contributed by atoms with Gasteiger partial charge in [0.05, 0.1) is 5.52 Å². The van der Waals surface area contributed by atoms with Crippen molar-refractivity contribution in [3.05, 3.63) is 46.9 Å². The molecule has 3 rings (SSSR count). The van der Waals surface area contributed by atoms with Gasteiger partial charge in [-0.15, -0.1) is 0 Å². The molecule has 0 unspecified atom stereocenters. The van der Waals surface area contributed by atoms with Crippen LogP contribution in [0.4, 0.5) is 0 Å². The Balaban J connectivity index is 2.29. The molecule has 4 heteroatoms. The summed E-state index contributed by atoms with van der Waals surface area (Å²) in [5.41, 5.74) is 2.45. The van der Waals surface area contributed by atoms with Crippen LogP contribution in [0.2, 0.25) is 0 Å². The van der Waals surface area contributed by atoms with Crippen LogP contribution in [-0.2, 0) is 0 Å². The predicted octanol–water partition coefficient (Wildman–Crippen LogP) is 3.70. The second-order valence-electron chi connectivity index (χ2n) is 3.78.